The third kappa shape index (κ3) is 1.64. The Morgan fingerprint density at radius 1 is 1.20 bits per heavy atom. The molecule has 0 amide bonds. The second-order valence-electron chi connectivity index (χ2n) is 2.48. The van der Waals surface area contributed by atoms with Gasteiger partial charge in [-0.15, -0.1) is 0 Å². The van der Waals surface area contributed by atoms with E-state index < -0.39 is 0 Å². The Balaban J connectivity index is 2.30. The van der Waals surface area contributed by atoms with Crippen LogP contribution in [0.4, 0.5) is 0 Å². The Kier molecular flexibility index (Phi) is 2.57. The van der Waals surface area contributed by atoms with E-state index in [-0.39, 0.29) is 12.0 Å². The highest BCUT2D eigenvalue weighted by Crippen LogP contribution is 2.15. The summed E-state index contributed by atoms with van der Waals surface area (Å²) in [7, 11) is 0. The molecule has 0 radical (unpaired) electrons. The average molecular weight is 142 g/mol. The summed E-state index contributed by atoms with van der Waals surface area (Å²) >= 11 is 0. The molecule has 10 heavy (non-hydrogen) atoms. The molecule has 0 N–H and O–H groups in total. The van der Waals surface area contributed by atoms with Crippen molar-refractivity contribution in [2.45, 2.75) is 18.9 Å². The minimum Gasteiger partial charge on any atom is -0.370 e. The lowest BCUT2D eigenvalue weighted by molar-refractivity contribution is -0.127. The number of carbonyl (C=O) groups is 2. The predicted molar refractivity (Wildman–Crippen MR) is 34.6 cm³/mol. The van der Waals surface area contributed by atoms with Crippen LogP contribution in [0.2, 0.25) is 0 Å². The van der Waals surface area contributed by atoms with Gasteiger partial charge in [0.25, 0.3) is 0 Å². The first-order valence-corrected chi connectivity index (χ1v) is 3.39. The van der Waals surface area contributed by atoms with Gasteiger partial charge in [-0.25, -0.2) is 0 Å². The molecule has 1 aliphatic heterocycles. The fourth-order valence-electron chi connectivity index (χ4n) is 1.01. The van der Waals surface area contributed by atoms with E-state index in [9.17, 15) is 9.59 Å². The molecule has 1 fully saturated rings. The highest BCUT2D eigenvalue weighted by Gasteiger charge is 2.19. The second-order valence-corrected chi connectivity index (χ2v) is 2.48. The first kappa shape index (κ1) is 7.41. The zero-order valence-corrected chi connectivity index (χ0v) is 5.66. The molecule has 0 aromatic carbocycles. The second kappa shape index (κ2) is 3.46. The van der Waals surface area contributed by atoms with Crippen molar-refractivity contribution in [3.05, 3.63) is 0 Å². The van der Waals surface area contributed by atoms with E-state index in [1.54, 1.807) is 0 Å². The van der Waals surface area contributed by atoms with Crippen molar-refractivity contribution < 1.29 is 14.3 Å². The molecule has 2 unspecified atom stereocenters. The standard InChI is InChI=1S/C7H10O3/c8-3-6-1-2-7(4-9)10-5-6/h3-4,6-7H,1-2,5H2. The summed E-state index contributed by atoms with van der Waals surface area (Å²) in [5, 5.41) is 0. The normalized spacial score (nSPS) is 33.2. The molecule has 0 aromatic rings. The van der Waals surface area contributed by atoms with E-state index in [4.69, 9.17) is 4.74 Å². The lowest BCUT2D eigenvalue weighted by Crippen LogP contribution is -2.27. The lowest BCUT2D eigenvalue weighted by atomic mass is 10.0. The minimum absolute atomic E-state index is 0.0104. The Morgan fingerprint density at radius 2 is 2.00 bits per heavy atom. The van der Waals surface area contributed by atoms with E-state index in [1.807, 2.05) is 0 Å². The quantitative estimate of drug-likeness (QED) is 0.516. The molecule has 0 bridgehead atoms. The van der Waals surface area contributed by atoms with E-state index in [1.165, 1.54) is 0 Å². The van der Waals surface area contributed by atoms with Crippen LogP contribution >= 0.6 is 0 Å². The van der Waals surface area contributed by atoms with Gasteiger partial charge in [0, 0.05) is 5.92 Å². The monoisotopic (exact) mass is 142 g/mol. The molecule has 2 atom stereocenters. The number of ether oxygens (including phenoxy) is 1. The zero-order valence-electron chi connectivity index (χ0n) is 5.66. The van der Waals surface area contributed by atoms with Crippen LogP contribution < -0.4 is 0 Å². The fraction of sp³-hybridized carbons (Fsp3) is 0.714. The summed E-state index contributed by atoms with van der Waals surface area (Å²) in [4.78, 5) is 20.3. The van der Waals surface area contributed by atoms with Gasteiger partial charge in [-0.2, -0.15) is 0 Å². The van der Waals surface area contributed by atoms with Crippen LogP contribution in [0, 0.1) is 5.92 Å². The maximum atomic E-state index is 10.2. The molecule has 1 aliphatic rings. The van der Waals surface area contributed by atoms with Gasteiger partial charge in [-0.1, -0.05) is 0 Å². The van der Waals surface area contributed by atoms with E-state index >= 15 is 0 Å². The smallest absolute Gasteiger partial charge is 0.148 e. The SMILES string of the molecule is O=CC1CCC(C=O)OC1. The maximum Gasteiger partial charge on any atom is 0.148 e. The van der Waals surface area contributed by atoms with Crippen molar-refractivity contribution in [1.29, 1.82) is 0 Å². The maximum absolute atomic E-state index is 10.2. The van der Waals surface area contributed by atoms with Gasteiger partial charge < -0.3 is 14.3 Å². The first-order valence-electron chi connectivity index (χ1n) is 3.39. The number of carbonyl (C=O) groups excluding carboxylic acids is 2. The van der Waals surface area contributed by atoms with Crippen molar-refractivity contribution in [2.75, 3.05) is 6.61 Å². The van der Waals surface area contributed by atoms with Crippen molar-refractivity contribution in [2.24, 2.45) is 5.92 Å². The van der Waals surface area contributed by atoms with Crippen LogP contribution in [0.25, 0.3) is 0 Å². The third-order valence-electron chi connectivity index (χ3n) is 1.69. The Bertz CT molecular complexity index is 109. The van der Waals surface area contributed by atoms with Gasteiger partial charge in [0.1, 0.15) is 18.7 Å². The van der Waals surface area contributed by atoms with Crippen molar-refractivity contribution in [3.8, 4) is 0 Å². The average Bonchev–Trinajstić information content (AvgIpc) is 2.05. The van der Waals surface area contributed by atoms with Gasteiger partial charge in [0.05, 0.1) is 6.61 Å². The molecular formula is C7H10O3. The van der Waals surface area contributed by atoms with Crippen molar-refractivity contribution in [1.82, 2.24) is 0 Å². The molecule has 1 saturated heterocycles. The minimum atomic E-state index is -0.267. The molecule has 0 aromatic heterocycles. The molecule has 3 heteroatoms. The molecule has 0 aliphatic carbocycles. The summed E-state index contributed by atoms with van der Waals surface area (Å²) in [5.74, 6) is 0.0104. The van der Waals surface area contributed by atoms with Crippen LogP contribution in [-0.2, 0) is 14.3 Å². The highest BCUT2D eigenvalue weighted by molar-refractivity contribution is 5.58. The number of hydrogen-bond donors (Lipinski definition) is 0. The lowest BCUT2D eigenvalue weighted by Gasteiger charge is -2.21. The van der Waals surface area contributed by atoms with E-state index in [0.717, 1.165) is 19.0 Å². The topological polar surface area (TPSA) is 43.4 Å². The van der Waals surface area contributed by atoms with Gasteiger partial charge in [0.15, 0.2) is 0 Å². The van der Waals surface area contributed by atoms with Crippen LogP contribution in [-0.4, -0.2) is 25.3 Å². The van der Waals surface area contributed by atoms with Gasteiger partial charge >= 0.3 is 0 Å². The zero-order chi connectivity index (χ0) is 7.40. The first-order chi connectivity index (χ1) is 4.86. The van der Waals surface area contributed by atoms with Crippen molar-refractivity contribution in [3.63, 3.8) is 0 Å². The summed E-state index contributed by atoms with van der Waals surface area (Å²) < 4.78 is 5.03. The molecule has 0 spiro atoms. The summed E-state index contributed by atoms with van der Waals surface area (Å²) in [6.07, 6.45) is 2.89. The molecule has 1 heterocycles. The molecular weight excluding hydrogens is 132 g/mol. The number of rotatable bonds is 2. The van der Waals surface area contributed by atoms with Crippen LogP contribution in [0.1, 0.15) is 12.8 Å². The van der Waals surface area contributed by atoms with Crippen LogP contribution in [0.15, 0.2) is 0 Å². The predicted octanol–water partition coefficient (Wildman–Crippen LogP) is 0.179. The van der Waals surface area contributed by atoms with E-state index in [0.29, 0.717) is 13.0 Å². The Labute approximate surface area is 59.4 Å². The Morgan fingerprint density at radius 3 is 2.40 bits per heavy atom. The largest absolute Gasteiger partial charge is 0.370 e. The Hall–Kier alpha value is -0.700. The molecule has 3 nitrogen and oxygen atoms in total. The molecule has 0 saturated carbocycles. The summed E-state index contributed by atoms with van der Waals surface area (Å²) in [6.45, 7) is 0.410. The number of hydrogen-bond acceptors (Lipinski definition) is 3. The van der Waals surface area contributed by atoms with Crippen LogP contribution in [0.5, 0.6) is 0 Å². The third-order valence-corrected chi connectivity index (χ3v) is 1.69. The molecule has 56 valence electrons. The van der Waals surface area contributed by atoms with Gasteiger partial charge in [-0.05, 0) is 12.8 Å². The van der Waals surface area contributed by atoms with Crippen LogP contribution in [0.3, 0.4) is 0 Å². The fourth-order valence-corrected chi connectivity index (χ4v) is 1.01. The van der Waals surface area contributed by atoms with E-state index in [2.05, 4.69) is 0 Å². The summed E-state index contributed by atoms with van der Waals surface area (Å²) in [6, 6.07) is 0. The number of aldehydes is 2. The van der Waals surface area contributed by atoms with Gasteiger partial charge in [0.2, 0.25) is 0 Å². The van der Waals surface area contributed by atoms with Crippen molar-refractivity contribution >= 4 is 12.6 Å². The summed E-state index contributed by atoms with van der Waals surface area (Å²) in [5.41, 5.74) is 0. The molecule has 1 rings (SSSR count). The highest BCUT2D eigenvalue weighted by atomic mass is 16.5. The van der Waals surface area contributed by atoms with Gasteiger partial charge in [-0.3, -0.25) is 0 Å².